The average molecular weight is 1810 g/mol. The van der Waals surface area contributed by atoms with E-state index in [-0.39, 0.29) is 147 Å². The highest BCUT2D eigenvalue weighted by Crippen LogP contribution is 2.34. The van der Waals surface area contributed by atoms with E-state index in [1.165, 1.54) is 12.1 Å². The van der Waals surface area contributed by atoms with E-state index in [0.29, 0.717) is 159 Å². The Labute approximate surface area is 750 Å². The van der Waals surface area contributed by atoms with Gasteiger partial charge in [0, 0.05) is 88.9 Å². The molecule has 0 spiro atoms. The third kappa shape index (κ3) is 18.8. The third-order valence-corrected chi connectivity index (χ3v) is 21.9. The predicted octanol–water partition coefficient (Wildman–Crippen LogP) is 4.96. The van der Waals surface area contributed by atoms with Gasteiger partial charge in [0.2, 0.25) is 28.7 Å². The van der Waals surface area contributed by atoms with E-state index in [1.807, 2.05) is 38.1 Å². The molecule has 4 aliphatic rings. The highest BCUT2D eigenvalue weighted by atomic mass is 16.8. The van der Waals surface area contributed by atoms with Crippen LogP contribution >= 0.6 is 0 Å². The van der Waals surface area contributed by atoms with Crippen molar-refractivity contribution in [2.45, 2.75) is 123 Å². The van der Waals surface area contributed by atoms with Gasteiger partial charge >= 0.3 is 51.5 Å². The molecular formula is C87H81N25O21. The van der Waals surface area contributed by atoms with Crippen LogP contribution in [0.2, 0.25) is 0 Å². The van der Waals surface area contributed by atoms with E-state index in [2.05, 4.69) is 92.7 Å². The number of fused-ring (bicyclic) bond motifs is 12. The average Bonchev–Trinajstić information content (AvgIpc) is 1.61. The number of unbranched alkanes of at least 4 members (excludes halogenated alkanes) is 3. The summed E-state index contributed by atoms with van der Waals surface area (Å²) in [5.41, 5.74) is 9.80. The third-order valence-electron chi connectivity index (χ3n) is 21.9. The van der Waals surface area contributed by atoms with Crippen LogP contribution in [0.15, 0.2) is 201 Å². The molecule has 0 saturated carbocycles. The van der Waals surface area contributed by atoms with Gasteiger partial charge in [0.1, 0.15) is 28.5 Å². The van der Waals surface area contributed by atoms with Gasteiger partial charge in [0.05, 0.1) is 75.1 Å². The van der Waals surface area contributed by atoms with Crippen molar-refractivity contribution in [3.63, 3.8) is 0 Å². The van der Waals surface area contributed by atoms with Crippen LogP contribution in [-0.4, -0.2) is 125 Å². The van der Waals surface area contributed by atoms with Crippen molar-refractivity contribution in [3.05, 3.63) is 303 Å². The number of aliphatic carboxylic acids is 1. The van der Waals surface area contributed by atoms with Crippen LogP contribution in [0, 0.1) is 41.7 Å². The number of amides is 5. The normalized spacial score (nSPS) is 12.2. The molecule has 0 unspecified atom stereocenters. The summed E-state index contributed by atoms with van der Waals surface area (Å²) in [6, 6.07) is 47.2. The lowest BCUT2D eigenvalue weighted by Crippen LogP contribution is -2.42. The highest BCUT2D eigenvalue weighted by Gasteiger charge is 2.45. The Balaban J connectivity index is 0.000000130. The van der Waals surface area contributed by atoms with E-state index < -0.39 is 23.7 Å². The standard InChI is InChI=1S/C26H26N6O6.C23H19N7O5.C19H14N6O5.C19H22N6O5/c33-23(34)13-4-2-1-3-8-17-9-7-10-18(16-17)27-26(35)19-11-5-6-12-20(19)30-28-24-21(31(30)36)14-15-22-25(24)29-38-32(22)37;1-2-20(31)24-13-14-6-5-7-15(12-14)25-23(32)16-8-3-4-9-17(16)28-26-21-18(29(28)33)10-11-19-22(21)27-35-30(19)34;26-16-8-4-2-6-12(16)20-19(27)11-5-1-3-7-13(11)23-21-17-14(24(23)28)9-10-15-18(17)22-30-25(15)29;1-12(2)29-11-5-10-20-19(26)13-6-3-4-7-14(13)23-21-17-15(24(23)27)8-9-16-18(17)22-30-25(16)28/h5-7,9-12,16H,1-4,8,13-15H2,(H,27,35)(H,33,34);2-9,12H,1,10-11,13H2,(H,24,31)(H,25,32);1-8,26H,9-10H2,(H,20,27);3-4,6-7,12H,5,8-11H2,1-2H3,(H,20,26). The zero-order valence-corrected chi connectivity index (χ0v) is 70.9. The van der Waals surface area contributed by atoms with Crippen LogP contribution < -0.4 is 65.6 Å². The number of para-hydroxylation sites is 6. The van der Waals surface area contributed by atoms with Crippen molar-refractivity contribution in [2.75, 3.05) is 29.1 Å². The summed E-state index contributed by atoms with van der Waals surface area (Å²) in [7, 11) is 0. The molecular weight excluding hydrogens is 1730 g/mol. The van der Waals surface area contributed by atoms with Gasteiger partial charge in [-0.1, -0.05) is 104 Å². The van der Waals surface area contributed by atoms with E-state index in [1.54, 1.807) is 140 Å². The van der Waals surface area contributed by atoms with E-state index in [9.17, 15) is 75.5 Å². The Morgan fingerprint density at radius 2 is 0.774 bits per heavy atom. The van der Waals surface area contributed by atoms with Crippen LogP contribution in [-0.2, 0) is 78.7 Å². The number of anilines is 3. The number of carbonyl (C=O) groups is 6. The summed E-state index contributed by atoms with van der Waals surface area (Å²) < 4.78 is 24.1. The van der Waals surface area contributed by atoms with Gasteiger partial charge in [-0.15, -0.1) is 19.4 Å². The molecule has 46 heteroatoms. The summed E-state index contributed by atoms with van der Waals surface area (Å²) in [5, 5.41) is 164. The van der Waals surface area contributed by atoms with Gasteiger partial charge in [-0.25, -0.2) is 0 Å². The number of carboxylic acid groups (broad SMARTS) is 1. The van der Waals surface area contributed by atoms with Crippen molar-refractivity contribution in [1.82, 2.24) is 70.8 Å². The fraction of sp³-hybridized carbons (Fsp3) is 0.241. The topological polar surface area (TPSA) is 603 Å². The number of aromatic hydroxyl groups is 1. The molecule has 8 aromatic heterocycles. The van der Waals surface area contributed by atoms with Crippen LogP contribution in [0.4, 0.5) is 17.1 Å². The molecule has 4 aliphatic carbocycles. The lowest BCUT2D eigenvalue weighted by molar-refractivity contribution is -0.808. The highest BCUT2D eigenvalue weighted by molar-refractivity contribution is 6.08. The van der Waals surface area contributed by atoms with Crippen molar-refractivity contribution >= 4 is 52.6 Å². The predicted molar refractivity (Wildman–Crippen MR) is 457 cm³/mol. The molecule has 680 valence electrons. The second-order valence-corrected chi connectivity index (χ2v) is 30.8. The monoisotopic (exact) mass is 1810 g/mol. The van der Waals surface area contributed by atoms with E-state index >= 15 is 0 Å². The first-order valence-corrected chi connectivity index (χ1v) is 41.9. The largest absolute Gasteiger partial charge is 0.692 e. The Hall–Kier alpha value is -17.6. The van der Waals surface area contributed by atoms with Crippen LogP contribution in [0.5, 0.6) is 5.75 Å². The number of carboxylic acids is 1. The molecule has 15 aromatic rings. The molecule has 0 fully saturated rings. The number of phenolic OH excluding ortho intramolecular Hbond substituents is 1. The fourth-order valence-electron chi connectivity index (χ4n) is 15.4. The number of benzene rings is 7. The maximum absolute atomic E-state index is 13.3. The number of hydrogen-bond acceptors (Lipinski definition) is 28. The number of aryl methyl sites for hydroxylation is 1. The number of carbonyl (C=O) groups excluding carboxylic acids is 5. The van der Waals surface area contributed by atoms with Crippen LogP contribution in [0.1, 0.15) is 150 Å². The zero-order chi connectivity index (χ0) is 93.3. The minimum Gasteiger partial charge on any atom is -0.692 e. The number of rotatable bonds is 26. The summed E-state index contributed by atoms with van der Waals surface area (Å²) in [4.78, 5) is 82.1. The van der Waals surface area contributed by atoms with Gasteiger partial charge in [-0.2, -0.15) is 0 Å². The number of phenols is 1. The molecule has 0 atom stereocenters. The SMILES string of the molecule is C=CC(=O)NCc1cccc(NC(=O)c2ccccc2-n2nc3c([n+]2[O-])CCc2c-3no[n+]2[O-])c1.CC(C)OCCCNC(=O)c1ccccc1-n1nc2c([n+]1[O-])CCc1c-2no[n+]1[O-].O=C(Nc1ccccc1O)c1ccccc1-n1nc2c([n+]1[O-])CCc1c-2no[n+]1[O-].O=C(O)CCCCCCc1cccc(NC(=O)c2ccccc2-n2nc3c([n+]2[O-])CCc2c-3no[n+]2[O-])c1. The number of nitrogens with zero attached hydrogens (tertiary/aromatic N) is 20. The Morgan fingerprint density at radius 3 is 1.17 bits per heavy atom. The van der Waals surface area contributed by atoms with Gasteiger partial charge in [0.15, 0.2) is 22.8 Å². The maximum Gasteiger partial charge on any atom is 0.303 e. The second-order valence-electron chi connectivity index (χ2n) is 30.8. The Bertz CT molecular complexity index is 6960. The minimum atomic E-state index is -0.770. The van der Waals surface area contributed by atoms with Gasteiger partial charge < -0.3 is 83.2 Å². The van der Waals surface area contributed by atoms with E-state index in [0.717, 1.165) is 56.0 Å². The molecule has 8 heterocycles. The molecule has 7 aromatic carbocycles. The Morgan fingerprint density at radius 1 is 0.421 bits per heavy atom. The lowest BCUT2D eigenvalue weighted by atomic mass is 10.0. The summed E-state index contributed by atoms with van der Waals surface area (Å²) in [5.74, 6) is -2.86. The molecule has 0 saturated heterocycles. The molecule has 7 N–H and O–H groups in total. The molecule has 133 heavy (non-hydrogen) atoms. The smallest absolute Gasteiger partial charge is 0.303 e. The molecule has 0 bridgehead atoms. The van der Waals surface area contributed by atoms with Crippen molar-refractivity contribution in [2.24, 2.45) is 0 Å². The summed E-state index contributed by atoms with van der Waals surface area (Å²) in [6.45, 7) is 8.58. The van der Waals surface area contributed by atoms with Gasteiger partial charge in [-0.3, -0.25) is 47.3 Å². The molecule has 5 amide bonds. The quantitative estimate of drug-likeness (QED) is 0.0124. The van der Waals surface area contributed by atoms with Crippen LogP contribution in [0.3, 0.4) is 0 Å². The Kier molecular flexibility index (Phi) is 26.0. The number of nitrogens with one attached hydrogen (secondary N) is 5. The van der Waals surface area contributed by atoms with Crippen molar-refractivity contribution in [3.8, 4) is 74.1 Å². The molecule has 0 aliphatic heterocycles. The molecule has 19 rings (SSSR count). The fourth-order valence-corrected chi connectivity index (χ4v) is 15.4. The molecule has 46 nitrogen and oxygen atoms in total. The van der Waals surface area contributed by atoms with E-state index in [4.69, 9.17) is 9.84 Å². The van der Waals surface area contributed by atoms with Crippen molar-refractivity contribution in [1.29, 1.82) is 0 Å². The first kappa shape index (κ1) is 88.8. The molecule has 0 radical (unpaired) electrons. The maximum atomic E-state index is 13.3. The first-order valence-electron chi connectivity index (χ1n) is 41.9. The number of hydrogen-bond donors (Lipinski definition) is 7. The van der Waals surface area contributed by atoms with Crippen molar-refractivity contribution < 1.29 is 101 Å². The lowest BCUT2D eigenvalue weighted by Gasteiger charge is -2.12. The second kappa shape index (κ2) is 38.9. The summed E-state index contributed by atoms with van der Waals surface area (Å²) in [6.07, 6.45) is 8.76. The summed E-state index contributed by atoms with van der Waals surface area (Å²) >= 11 is 0. The number of aromatic nitrogens is 20. The van der Waals surface area contributed by atoms with Gasteiger partial charge in [-0.05, 0) is 180 Å². The first-order chi connectivity index (χ1) is 64.4. The minimum absolute atomic E-state index is 0.0822. The van der Waals surface area contributed by atoms with Crippen LogP contribution in [0.25, 0.3) is 68.3 Å². The number of ether oxygens (including phenoxy) is 1. The zero-order valence-electron chi connectivity index (χ0n) is 70.9. The van der Waals surface area contributed by atoms with Gasteiger partial charge in [0.25, 0.3) is 23.6 Å².